The zero-order valence-electron chi connectivity index (χ0n) is 9.54. The smallest absolute Gasteiger partial charge is 0.337 e. The van der Waals surface area contributed by atoms with Crippen molar-refractivity contribution in [1.82, 2.24) is 0 Å². The van der Waals surface area contributed by atoms with Gasteiger partial charge in [-0.05, 0) is 12.5 Å². The average molecular weight is 239 g/mol. The monoisotopic (exact) mass is 239 g/mol. The summed E-state index contributed by atoms with van der Waals surface area (Å²) < 4.78 is 4.45. The minimum atomic E-state index is -1.63. The van der Waals surface area contributed by atoms with Gasteiger partial charge in [0.15, 0.2) is 5.60 Å². The van der Waals surface area contributed by atoms with Crippen LogP contribution in [0.4, 0.5) is 5.69 Å². The van der Waals surface area contributed by atoms with E-state index in [0.29, 0.717) is 5.56 Å². The maximum absolute atomic E-state index is 11.2. The van der Waals surface area contributed by atoms with Gasteiger partial charge in [-0.25, -0.2) is 4.79 Å². The Bertz CT molecular complexity index is 424. The van der Waals surface area contributed by atoms with Crippen LogP contribution in [0.3, 0.4) is 0 Å². The Morgan fingerprint density at radius 3 is 2.41 bits per heavy atom. The van der Waals surface area contributed by atoms with E-state index < -0.39 is 16.5 Å². The van der Waals surface area contributed by atoms with Crippen molar-refractivity contribution in [2.45, 2.75) is 18.9 Å². The van der Waals surface area contributed by atoms with Crippen LogP contribution < -0.4 is 0 Å². The van der Waals surface area contributed by atoms with Crippen molar-refractivity contribution in [2.24, 2.45) is 0 Å². The van der Waals surface area contributed by atoms with Gasteiger partial charge in [0.25, 0.3) is 5.69 Å². The second-order valence-electron chi connectivity index (χ2n) is 3.87. The number of esters is 1. The topological polar surface area (TPSA) is 89.7 Å². The predicted octanol–water partition coefficient (Wildman–Crippen LogP) is 1.06. The number of methoxy groups -OCH3 is 1. The zero-order chi connectivity index (χ0) is 13.1. The molecule has 1 aromatic carbocycles. The Morgan fingerprint density at radius 1 is 1.47 bits per heavy atom. The SMILES string of the molecule is COC(=O)C(C)(O)Cc1ccc([N+](=O)[O-])cc1. The minimum absolute atomic E-state index is 0.0357. The highest BCUT2D eigenvalue weighted by Crippen LogP contribution is 2.18. The molecule has 1 unspecified atom stereocenters. The summed E-state index contributed by atoms with van der Waals surface area (Å²) in [6, 6.07) is 5.64. The Hall–Kier alpha value is -1.95. The molecule has 0 spiro atoms. The molecule has 6 heteroatoms. The lowest BCUT2D eigenvalue weighted by molar-refractivity contribution is -0.384. The van der Waals surface area contributed by atoms with Crippen molar-refractivity contribution in [1.29, 1.82) is 0 Å². The van der Waals surface area contributed by atoms with Crippen LogP contribution in [-0.2, 0) is 16.0 Å². The van der Waals surface area contributed by atoms with E-state index in [1.807, 2.05) is 0 Å². The molecule has 1 atom stereocenters. The number of aliphatic hydroxyl groups is 1. The van der Waals surface area contributed by atoms with Gasteiger partial charge in [-0.1, -0.05) is 12.1 Å². The number of carbonyl (C=O) groups is 1. The molecule has 1 aromatic rings. The molecule has 92 valence electrons. The van der Waals surface area contributed by atoms with Gasteiger partial charge in [-0.15, -0.1) is 0 Å². The summed E-state index contributed by atoms with van der Waals surface area (Å²) in [7, 11) is 1.19. The van der Waals surface area contributed by atoms with Gasteiger partial charge < -0.3 is 9.84 Å². The maximum Gasteiger partial charge on any atom is 0.337 e. The van der Waals surface area contributed by atoms with E-state index >= 15 is 0 Å². The van der Waals surface area contributed by atoms with Crippen molar-refractivity contribution >= 4 is 11.7 Å². The molecule has 0 saturated carbocycles. The number of benzene rings is 1. The first-order valence-electron chi connectivity index (χ1n) is 4.91. The Morgan fingerprint density at radius 2 is 2.00 bits per heavy atom. The van der Waals surface area contributed by atoms with E-state index in [1.54, 1.807) is 0 Å². The van der Waals surface area contributed by atoms with Crippen molar-refractivity contribution in [2.75, 3.05) is 7.11 Å². The van der Waals surface area contributed by atoms with Gasteiger partial charge in [-0.3, -0.25) is 10.1 Å². The second kappa shape index (κ2) is 4.92. The molecule has 17 heavy (non-hydrogen) atoms. The zero-order valence-corrected chi connectivity index (χ0v) is 9.54. The fourth-order valence-corrected chi connectivity index (χ4v) is 1.43. The number of nitro benzene ring substituents is 1. The van der Waals surface area contributed by atoms with Crippen LogP contribution in [0.1, 0.15) is 12.5 Å². The molecule has 0 aromatic heterocycles. The van der Waals surface area contributed by atoms with Crippen molar-refractivity contribution in [3.8, 4) is 0 Å². The third-order valence-electron chi connectivity index (χ3n) is 2.32. The van der Waals surface area contributed by atoms with Crippen LogP contribution in [0.2, 0.25) is 0 Å². The summed E-state index contributed by atoms with van der Waals surface area (Å²) in [5, 5.41) is 20.2. The summed E-state index contributed by atoms with van der Waals surface area (Å²) in [6.07, 6.45) is 0.0394. The second-order valence-corrected chi connectivity index (χ2v) is 3.87. The first-order chi connectivity index (χ1) is 7.86. The number of non-ortho nitro benzene ring substituents is 1. The Labute approximate surface area is 98.0 Å². The van der Waals surface area contributed by atoms with Crippen LogP contribution in [0.25, 0.3) is 0 Å². The van der Waals surface area contributed by atoms with Gasteiger partial charge in [0.2, 0.25) is 0 Å². The van der Waals surface area contributed by atoms with Crippen LogP contribution in [-0.4, -0.2) is 28.7 Å². The summed E-state index contributed by atoms with van der Waals surface area (Å²) in [4.78, 5) is 21.2. The van der Waals surface area contributed by atoms with Gasteiger partial charge in [0.1, 0.15) is 0 Å². The number of hydrogen-bond donors (Lipinski definition) is 1. The molecule has 6 nitrogen and oxygen atoms in total. The Balaban J connectivity index is 2.82. The van der Waals surface area contributed by atoms with E-state index in [2.05, 4.69) is 4.74 Å². The standard InChI is InChI=1S/C11H13NO5/c1-11(14,10(13)17-2)7-8-3-5-9(6-4-8)12(15)16/h3-6,14H,7H2,1-2H3. The molecule has 0 aliphatic carbocycles. The lowest BCUT2D eigenvalue weighted by atomic mass is 9.96. The third kappa shape index (κ3) is 3.25. The molecule has 1 N–H and O–H groups in total. The minimum Gasteiger partial charge on any atom is -0.467 e. The first-order valence-corrected chi connectivity index (χ1v) is 4.91. The molecule has 0 radical (unpaired) electrons. The van der Waals surface area contributed by atoms with E-state index in [0.717, 1.165) is 0 Å². The van der Waals surface area contributed by atoms with E-state index in [1.165, 1.54) is 38.3 Å². The molecule has 0 aliphatic rings. The predicted molar refractivity (Wildman–Crippen MR) is 59.4 cm³/mol. The first kappa shape index (κ1) is 13.1. The molecule has 0 bridgehead atoms. The molecule has 0 aliphatic heterocycles. The molecule has 1 rings (SSSR count). The quantitative estimate of drug-likeness (QED) is 0.482. The molecular formula is C11H13NO5. The molecule has 0 heterocycles. The largest absolute Gasteiger partial charge is 0.467 e. The molecule has 0 amide bonds. The number of rotatable bonds is 4. The summed E-state index contributed by atoms with van der Waals surface area (Å²) in [6.45, 7) is 1.33. The fraction of sp³-hybridized carbons (Fsp3) is 0.364. The summed E-state index contributed by atoms with van der Waals surface area (Å²) in [5.41, 5.74) is -1.05. The van der Waals surface area contributed by atoms with Crippen molar-refractivity contribution in [3.05, 3.63) is 39.9 Å². The van der Waals surface area contributed by atoms with Crippen LogP contribution in [0, 0.1) is 10.1 Å². The highest BCUT2D eigenvalue weighted by Gasteiger charge is 2.31. The lowest BCUT2D eigenvalue weighted by Gasteiger charge is -2.19. The number of nitrogens with zero attached hydrogens (tertiary/aromatic N) is 1. The number of nitro groups is 1. The Kier molecular flexibility index (Phi) is 3.80. The average Bonchev–Trinajstić information content (AvgIpc) is 2.28. The third-order valence-corrected chi connectivity index (χ3v) is 2.32. The lowest BCUT2D eigenvalue weighted by Crippen LogP contribution is -2.38. The van der Waals surface area contributed by atoms with Gasteiger partial charge in [0, 0.05) is 18.6 Å². The highest BCUT2D eigenvalue weighted by molar-refractivity contribution is 5.79. The maximum atomic E-state index is 11.2. The normalized spacial score (nSPS) is 13.8. The van der Waals surface area contributed by atoms with Crippen LogP contribution >= 0.6 is 0 Å². The van der Waals surface area contributed by atoms with E-state index in [-0.39, 0.29) is 12.1 Å². The number of hydrogen-bond acceptors (Lipinski definition) is 5. The van der Waals surface area contributed by atoms with Gasteiger partial charge in [-0.2, -0.15) is 0 Å². The molecule has 0 saturated heterocycles. The van der Waals surface area contributed by atoms with Crippen LogP contribution in [0.15, 0.2) is 24.3 Å². The number of carbonyl (C=O) groups excluding carboxylic acids is 1. The van der Waals surface area contributed by atoms with Crippen molar-refractivity contribution < 1.29 is 19.6 Å². The van der Waals surface area contributed by atoms with E-state index in [4.69, 9.17) is 0 Å². The van der Waals surface area contributed by atoms with Gasteiger partial charge in [0.05, 0.1) is 12.0 Å². The highest BCUT2D eigenvalue weighted by atomic mass is 16.6. The van der Waals surface area contributed by atoms with E-state index in [9.17, 15) is 20.0 Å². The fourth-order valence-electron chi connectivity index (χ4n) is 1.43. The number of ether oxygens (including phenoxy) is 1. The molecular weight excluding hydrogens is 226 g/mol. The van der Waals surface area contributed by atoms with Crippen molar-refractivity contribution in [3.63, 3.8) is 0 Å². The van der Waals surface area contributed by atoms with Gasteiger partial charge >= 0.3 is 5.97 Å². The summed E-state index contributed by atoms with van der Waals surface area (Å²) >= 11 is 0. The molecule has 0 fully saturated rings. The summed E-state index contributed by atoms with van der Waals surface area (Å²) in [5.74, 6) is -0.740. The van der Waals surface area contributed by atoms with Crippen LogP contribution in [0.5, 0.6) is 0 Å².